The Morgan fingerprint density at radius 3 is 2.68 bits per heavy atom. The Morgan fingerprint density at radius 2 is 2.09 bits per heavy atom. The average molecular weight is 324 g/mol. The van der Waals surface area contributed by atoms with Crippen molar-refractivity contribution >= 4 is 11.8 Å². The Balaban J connectivity index is 2.07. The van der Waals surface area contributed by atoms with Gasteiger partial charge in [0.15, 0.2) is 0 Å². The molecule has 22 heavy (non-hydrogen) atoms. The predicted octanol–water partition coefficient (Wildman–Crippen LogP) is 2.31. The van der Waals surface area contributed by atoms with E-state index in [1.54, 1.807) is 18.9 Å². The number of methoxy groups -OCH3 is 1. The number of ether oxygens (including phenoxy) is 1. The van der Waals surface area contributed by atoms with Crippen LogP contribution in [0.5, 0.6) is 5.75 Å². The second-order valence-corrected chi connectivity index (χ2v) is 6.77. The van der Waals surface area contributed by atoms with E-state index < -0.39 is 0 Å². The highest BCUT2D eigenvalue weighted by Gasteiger charge is 2.23. The van der Waals surface area contributed by atoms with Crippen molar-refractivity contribution < 1.29 is 9.84 Å². The molecule has 2 rings (SSSR count). The zero-order valence-electron chi connectivity index (χ0n) is 13.9. The monoisotopic (exact) mass is 324 g/mol. The van der Waals surface area contributed by atoms with E-state index in [0.29, 0.717) is 6.04 Å². The Kier molecular flexibility index (Phi) is 7.02. The number of nitrogens with zero attached hydrogens (tertiary/aromatic N) is 2. The van der Waals surface area contributed by atoms with E-state index in [9.17, 15) is 5.11 Å². The summed E-state index contributed by atoms with van der Waals surface area (Å²) in [6.07, 6.45) is 4.44. The highest BCUT2D eigenvalue weighted by Crippen LogP contribution is 2.29. The molecule has 4 nitrogen and oxygen atoms in total. The van der Waals surface area contributed by atoms with Crippen LogP contribution < -0.4 is 4.74 Å². The third kappa shape index (κ3) is 4.62. The van der Waals surface area contributed by atoms with Crippen LogP contribution in [0.15, 0.2) is 23.1 Å². The third-order valence-corrected chi connectivity index (χ3v) is 5.18. The smallest absolute Gasteiger partial charge is 0.132 e. The minimum atomic E-state index is 0.220. The van der Waals surface area contributed by atoms with Gasteiger partial charge in [0.1, 0.15) is 5.75 Å². The fourth-order valence-electron chi connectivity index (χ4n) is 3.09. The van der Waals surface area contributed by atoms with Crippen LogP contribution in [0.1, 0.15) is 18.4 Å². The summed E-state index contributed by atoms with van der Waals surface area (Å²) in [7, 11) is 3.89. The zero-order valence-corrected chi connectivity index (χ0v) is 14.7. The van der Waals surface area contributed by atoms with Crippen molar-refractivity contribution in [1.82, 2.24) is 9.80 Å². The van der Waals surface area contributed by atoms with Gasteiger partial charge in [0.2, 0.25) is 0 Å². The molecule has 1 aromatic carbocycles. The molecule has 1 fully saturated rings. The van der Waals surface area contributed by atoms with Crippen molar-refractivity contribution in [3.63, 3.8) is 0 Å². The molecule has 0 aromatic heterocycles. The van der Waals surface area contributed by atoms with E-state index in [0.717, 1.165) is 31.9 Å². The number of likely N-dealkylation sites (tertiary alicyclic amines) is 1. The third-order valence-electron chi connectivity index (χ3n) is 4.43. The van der Waals surface area contributed by atoms with Crippen molar-refractivity contribution in [3.8, 4) is 5.75 Å². The maximum absolute atomic E-state index is 9.40. The van der Waals surface area contributed by atoms with Gasteiger partial charge in [-0.05, 0) is 56.9 Å². The fourth-order valence-corrected chi connectivity index (χ4v) is 3.71. The van der Waals surface area contributed by atoms with Crippen LogP contribution in [0.3, 0.4) is 0 Å². The van der Waals surface area contributed by atoms with Crippen molar-refractivity contribution in [3.05, 3.63) is 23.8 Å². The first-order chi connectivity index (χ1) is 10.7. The van der Waals surface area contributed by atoms with E-state index in [4.69, 9.17) is 4.74 Å². The Hall–Kier alpha value is -0.750. The maximum atomic E-state index is 9.40. The molecule has 0 spiro atoms. The summed E-state index contributed by atoms with van der Waals surface area (Å²) in [4.78, 5) is 5.98. The van der Waals surface area contributed by atoms with Crippen molar-refractivity contribution in [2.75, 3.05) is 46.7 Å². The molecule has 1 aliphatic heterocycles. The summed E-state index contributed by atoms with van der Waals surface area (Å²) in [5.41, 5.74) is 1.29. The first-order valence-corrected chi connectivity index (χ1v) is 9.14. The number of aliphatic hydroxyl groups is 1. The number of piperidine rings is 1. The lowest BCUT2D eigenvalue weighted by Gasteiger charge is -2.37. The SMILES string of the molecule is COc1ccc(CN(CCO)C2CCN(C)CC2)cc1SC. The predicted molar refractivity (Wildman–Crippen MR) is 92.8 cm³/mol. The molecule has 0 saturated carbocycles. The van der Waals surface area contributed by atoms with Gasteiger partial charge in [-0.15, -0.1) is 11.8 Å². The quantitative estimate of drug-likeness (QED) is 0.779. The number of rotatable bonds is 7. The van der Waals surface area contributed by atoms with Crippen LogP contribution in [0.2, 0.25) is 0 Å². The second kappa shape index (κ2) is 8.77. The van der Waals surface area contributed by atoms with Crippen LogP contribution in [0.25, 0.3) is 0 Å². The van der Waals surface area contributed by atoms with Crippen LogP contribution in [0, 0.1) is 0 Å². The highest BCUT2D eigenvalue weighted by atomic mass is 32.2. The van der Waals surface area contributed by atoms with E-state index >= 15 is 0 Å². The van der Waals surface area contributed by atoms with Gasteiger partial charge in [-0.3, -0.25) is 4.90 Å². The van der Waals surface area contributed by atoms with Crippen molar-refractivity contribution in [1.29, 1.82) is 0 Å². The van der Waals surface area contributed by atoms with Gasteiger partial charge in [0.05, 0.1) is 13.7 Å². The molecular weight excluding hydrogens is 296 g/mol. The molecule has 0 atom stereocenters. The summed E-state index contributed by atoms with van der Waals surface area (Å²) in [5.74, 6) is 0.934. The zero-order chi connectivity index (χ0) is 15.9. The van der Waals surface area contributed by atoms with Gasteiger partial charge < -0.3 is 14.7 Å². The van der Waals surface area contributed by atoms with E-state index in [1.165, 1.54) is 23.3 Å². The second-order valence-electron chi connectivity index (χ2n) is 5.92. The largest absolute Gasteiger partial charge is 0.496 e. The fraction of sp³-hybridized carbons (Fsp3) is 0.647. The number of hydrogen-bond acceptors (Lipinski definition) is 5. The number of thioether (sulfide) groups is 1. The Labute approximate surface area is 138 Å². The molecule has 0 amide bonds. The molecule has 5 heteroatoms. The molecule has 0 bridgehead atoms. The van der Waals surface area contributed by atoms with Crippen molar-refractivity contribution in [2.24, 2.45) is 0 Å². The van der Waals surface area contributed by atoms with Gasteiger partial charge in [0, 0.05) is 24.0 Å². The Bertz CT molecular complexity index is 462. The average Bonchev–Trinajstić information content (AvgIpc) is 2.55. The molecule has 1 heterocycles. The molecule has 1 aliphatic rings. The summed E-state index contributed by atoms with van der Waals surface area (Å²) in [6, 6.07) is 6.97. The number of hydrogen-bond donors (Lipinski definition) is 1. The van der Waals surface area contributed by atoms with Crippen LogP contribution in [0.4, 0.5) is 0 Å². The summed E-state index contributed by atoms with van der Waals surface area (Å²) >= 11 is 1.71. The molecule has 0 unspecified atom stereocenters. The molecule has 1 aromatic rings. The lowest BCUT2D eigenvalue weighted by Crippen LogP contribution is -2.44. The Morgan fingerprint density at radius 1 is 1.36 bits per heavy atom. The highest BCUT2D eigenvalue weighted by molar-refractivity contribution is 7.98. The van der Waals surface area contributed by atoms with Crippen LogP contribution in [-0.2, 0) is 6.54 Å². The molecule has 0 radical (unpaired) electrons. The van der Waals surface area contributed by atoms with Gasteiger partial charge in [-0.1, -0.05) is 6.07 Å². The summed E-state index contributed by atoms with van der Waals surface area (Å²) in [6.45, 7) is 4.15. The maximum Gasteiger partial charge on any atom is 0.132 e. The van der Waals surface area contributed by atoms with Crippen LogP contribution in [-0.4, -0.2) is 67.6 Å². The van der Waals surface area contributed by atoms with E-state index in [-0.39, 0.29) is 6.61 Å². The normalized spacial score (nSPS) is 17.1. The number of aliphatic hydroxyl groups excluding tert-OH is 1. The van der Waals surface area contributed by atoms with Gasteiger partial charge in [-0.25, -0.2) is 0 Å². The van der Waals surface area contributed by atoms with E-state index in [2.05, 4.69) is 35.2 Å². The topological polar surface area (TPSA) is 35.9 Å². The lowest BCUT2D eigenvalue weighted by molar-refractivity contribution is 0.0940. The molecule has 1 N–H and O–H groups in total. The van der Waals surface area contributed by atoms with Gasteiger partial charge in [0.25, 0.3) is 0 Å². The summed E-state index contributed by atoms with van der Waals surface area (Å²) in [5, 5.41) is 9.40. The first kappa shape index (κ1) is 17.6. The number of benzene rings is 1. The molecule has 124 valence electrons. The summed E-state index contributed by atoms with van der Waals surface area (Å²) < 4.78 is 5.39. The molecule has 1 saturated heterocycles. The first-order valence-electron chi connectivity index (χ1n) is 7.92. The minimum absolute atomic E-state index is 0.220. The minimum Gasteiger partial charge on any atom is -0.496 e. The van der Waals surface area contributed by atoms with Gasteiger partial charge >= 0.3 is 0 Å². The molecule has 0 aliphatic carbocycles. The lowest BCUT2D eigenvalue weighted by atomic mass is 10.0. The standard InChI is InChI=1S/C17H28N2O2S/c1-18-8-6-15(7-9-18)19(10-11-20)13-14-4-5-16(21-2)17(12-14)22-3/h4-5,12,15,20H,6-11,13H2,1-3H3. The van der Waals surface area contributed by atoms with Gasteiger partial charge in [-0.2, -0.15) is 0 Å². The van der Waals surface area contributed by atoms with E-state index in [1.807, 2.05) is 6.07 Å². The van der Waals surface area contributed by atoms with Crippen molar-refractivity contribution in [2.45, 2.75) is 30.3 Å². The van der Waals surface area contributed by atoms with Crippen LogP contribution >= 0.6 is 11.8 Å². The molecular formula is C17H28N2O2S.